The van der Waals surface area contributed by atoms with E-state index in [4.69, 9.17) is 11.6 Å². The fraction of sp³-hybridized carbons (Fsp3) is 0.160. The van der Waals surface area contributed by atoms with Crippen LogP contribution in [-0.2, 0) is 26.9 Å². The number of aryl methyl sites for hydroxylation is 2. The van der Waals surface area contributed by atoms with E-state index in [1.165, 1.54) is 0 Å². The SMILES string of the molecule is Cc1cccc(CS(=O)(=O)c2cn(CC(=O)Nc3ccc(C)cc3Cl)c3ccccc23)c1. The Bertz CT molecular complexity index is 1420. The Labute approximate surface area is 192 Å². The second-order valence-electron chi connectivity index (χ2n) is 7.92. The van der Waals surface area contributed by atoms with E-state index < -0.39 is 9.84 Å². The van der Waals surface area contributed by atoms with Crippen LogP contribution >= 0.6 is 11.6 Å². The van der Waals surface area contributed by atoms with Gasteiger partial charge in [0.05, 0.1) is 21.4 Å². The lowest BCUT2D eigenvalue weighted by atomic mass is 10.2. The van der Waals surface area contributed by atoms with Crippen LogP contribution in [0.3, 0.4) is 0 Å². The lowest BCUT2D eigenvalue weighted by molar-refractivity contribution is -0.116. The first-order valence-electron chi connectivity index (χ1n) is 10.1. The molecule has 4 rings (SSSR count). The van der Waals surface area contributed by atoms with Gasteiger partial charge in [0.1, 0.15) is 6.54 Å². The summed E-state index contributed by atoms with van der Waals surface area (Å²) in [6, 6.07) is 20.1. The molecule has 1 heterocycles. The van der Waals surface area contributed by atoms with Crippen LogP contribution in [0.1, 0.15) is 16.7 Å². The largest absolute Gasteiger partial charge is 0.337 e. The van der Waals surface area contributed by atoms with Crippen LogP contribution in [0.5, 0.6) is 0 Å². The average molecular weight is 467 g/mol. The molecule has 164 valence electrons. The summed E-state index contributed by atoms with van der Waals surface area (Å²) in [4.78, 5) is 12.9. The molecule has 0 aliphatic carbocycles. The van der Waals surface area contributed by atoms with E-state index in [9.17, 15) is 13.2 Å². The molecule has 0 bridgehead atoms. The number of hydrogen-bond acceptors (Lipinski definition) is 3. The predicted molar refractivity (Wildman–Crippen MR) is 129 cm³/mol. The van der Waals surface area contributed by atoms with Gasteiger partial charge in [0.25, 0.3) is 0 Å². The van der Waals surface area contributed by atoms with Crippen LogP contribution in [0, 0.1) is 13.8 Å². The maximum Gasteiger partial charge on any atom is 0.244 e. The minimum absolute atomic E-state index is 0.0370. The number of aromatic nitrogens is 1. The number of carbonyl (C=O) groups excluding carboxylic acids is 1. The molecule has 4 aromatic rings. The minimum Gasteiger partial charge on any atom is -0.337 e. The van der Waals surface area contributed by atoms with Gasteiger partial charge in [-0.3, -0.25) is 4.79 Å². The normalized spacial score (nSPS) is 11.6. The number of nitrogens with one attached hydrogen (secondary N) is 1. The molecule has 5 nitrogen and oxygen atoms in total. The summed E-state index contributed by atoms with van der Waals surface area (Å²) in [7, 11) is -3.62. The Hall–Kier alpha value is -3.09. The van der Waals surface area contributed by atoms with Gasteiger partial charge >= 0.3 is 0 Å². The van der Waals surface area contributed by atoms with Crippen LogP contribution in [-0.4, -0.2) is 18.9 Å². The fourth-order valence-electron chi connectivity index (χ4n) is 3.76. The minimum atomic E-state index is -3.62. The first kappa shape index (κ1) is 22.1. The summed E-state index contributed by atoms with van der Waals surface area (Å²) in [5.74, 6) is -0.396. The number of carbonyl (C=O) groups is 1. The van der Waals surface area contributed by atoms with Crippen LogP contribution in [0.4, 0.5) is 5.69 Å². The van der Waals surface area contributed by atoms with E-state index in [0.29, 0.717) is 21.6 Å². The van der Waals surface area contributed by atoms with Crippen molar-refractivity contribution in [2.75, 3.05) is 5.32 Å². The highest BCUT2D eigenvalue weighted by atomic mass is 35.5. The molecule has 1 amide bonds. The van der Waals surface area contributed by atoms with Crippen LogP contribution in [0.2, 0.25) is 5.02 Å². The Morgan fingerprint density at radius 3 is 2.47 bits per heavy atom. The number of amides is 1. The van der Waals surface area contributed by atoms with Crippen molar-refractivity contribution in [2.24, 2.45) is 0 Å². The second kappa shape index (κ2) is 8.81. The van der Waals surface area contributed by atoms with E-state index in [-0.39, 0.29) is 23.1 Å². The number of benzene rings is 3. The van der Waals surface area contributed by atoms with E-state index in [2.05, 4.69) is 5.32 Å². The van der Waals surface area contributed by atoms with Gasteiger partial charge in [0.15, 0.2) is 9.84 Å². The quantitative estimate of drug-likeness (QED) is 0.406. The van der Waals surface area contributed by atoms with Crippen molar-refractivity contribution in [2.45, 2.75) is 31.0 Å². The number of halogens is 1. The van der Waals surface area contributed by atoms with Crippen molar-refractivity contribution in [3.8, 4) is 0 Å². The molecule has 0 spiro atoms. The van der Waals surface area contributed by atoms with Crippen molar-refractivity contribution >= 4 is 43.9 Å². The molecule has 1 aromatic heterocycles. The van der Waals surface area contributed by atoms with Crippen LogP contribution < -0.4 is 5.32 Å². The third kappa shape index (κ3) is 4.71. The van der Waals surface area contributed by atoms with Gasteiger partial charge in [0.2, 0.25) is 5.91 Å². The maximum atomic E-state index is 13.3. The zero-order chi connectivity index (χ0) is 22.9. The number of sulfone groups is 1. The molecular weight excluding hydrogens is 444 g/mol. The van der Waals surface area contributed by atoms with Crippen molar-refractivity contribution in [3.63, 3.8) is 0 Å². The zero-order valence-corrected chi connectivity index (χ0v) is 19.4. The number of anilines is 1. The van der Waals surface area contributed by atoms with Crippen molar-refractivity contribution < 1.29 is 13.2 Å². The average Bonchev–Trinajstić information content (AvgIpc) is 3.09. The number of rotatable bonds is 6. The first-order valence-corrected chi connectivity index (χ1v) is 12.2. The molecule has 0 radical (unpaired) electrons. The summed E-state index contributed by atoms with van der Waals surface area (Å²) in [5.41, 5.74) is 3.93. The molecule has 0 aliphatic heterocycles. The Morgan fingerprint density at radius 1 is 0.969 bits per heavy atom. The summed E-state index contributed by atoms with van der Waals surface area (Å²) >= 11 is 6.22. The first-order chi connectivity index (χ1) is 15.2. The maximum absolute atomic E-state index is 13.3. The number of nitrogens with zero attached hydrogens (tertiary/aromatic N) is 1. The summed E-state index contributed by atoms with van der Waals surface area (Å²) in [5, 5.41) is 3.86. The summed E-state index contributed by atoms with van der Waals surface area (Å²) in [6.45, 7) is 3.81. The van der Waals surface area contributed by atoms with Crippen molar-refractivity contribution in [1.29, 1.82) is 0 Å². The molecule has 32 heavy (non-hydrogen) atoms. The molecule has 0 fully saturated rings. The Kier molecular flexibility index (Phi) is 6.09. The third-order valence-corrected chi connectivity index (χ3v) is 7.26. The third-order valence-electron chi connectivity index (χ3n) is 5.24. The predicted octanol–water partition coefficient (Wildman–Crippen LogP) is 5.52. The Morgan fingerprint density at radius 2 is 1.72 bits per heavy atom. The zero-order valence-electron chi connectivity index (χ0n) is 17.8. The van der Waals surface area contributed by atoms with Gasteiger partial charge in [0, 0.05) is 17.1 Å². The number of para-hydroxylation sites is 1. The van der Waals surface area contributed by atoms with E-state index >= 15 is 0 Å². The molecule has 0 saturated heterocycles. The molecule has 0 unspecified atom stereocenters. The lowest BCUT2D eigenvalue weighted by Gasteiger charge is -2.09. The lowest BCUT2D eigenvalue weighted by Crippen LogP contribution is -2.18. The van der Waals surface area contributed by atoms with Crippen LogP contribution in [0.25, 0.3) is 10.9 Å². The van der Waals surface area contributed by atoms with Gasteiger partial charge in [-0.2, -0.15) is 0 Å². The molecule has 7 heteroatoms. The monoisotopic (exact) mass is 466 g/mol. The summed E-state index contributed by atoms with van der Waals surface area (Å²) < 4.78 is 28.2. The van der Waals surface area contributed by atoms with E-state index in [1.54, 1.807) is 35.0 Å². The fourth-order valence-corrected chi connectivity index (χ4v) is 5.61. The van der Waals surface area contributed by atoms with Crippen LogP contribution in [0.15, 0.2) is 77.8 Å². The van der Waals surface area contributed by atoms with Crippen molar-refractivity contribution in [1.82, 2.24) is 4.57 Å². The molecule has 3 aromatic carbocycles. The van der Waals surface area contributed by atoms with E-state index in [1.807, 2.05) is 56.3 Å². The number of hydrogen-bond donors (Lipinski definition) is 1. The van der Waals surface area contributed by atoms with Gasteiger partial charge in [-0.05, 0) is 43.2 Å². The second-order valence-corrected chi connectivity index (χ2v) is 10.3. The molecule has 0 saturated carbocycles. The topological polar surface area (TPSA) is 68.2 Å². The summed E-state index contributed by atoms with van der Waals surface area (Å²) in [6.07, 6.45) is 1.55. The smallest absolute Gasteiger partial charge is 0.244 e. The van der Waals surface area contributed by atoms with Gasteiger partial charge < -0.3 is 9.88 Å². The Balaban J connectivity index is 1.64. The standard InChI is InChI=1S/C25H23ClN2O3S/c1-17-6-5-7-19(12-17)16-32(30,31)24-14-28(23-9-4-3-8-20(23)24)15-25(29)27-22-11-10-18(2)13-21(22)26/h3-14H,15-16H2,1-2H3,(H,27,29). The molecule has 1 N–H and O–H groups in total. The van der Waals surface area contributed by atoms with Gasteiger partial charge in [-0.1, -0.05) is 65.7 Å². The van der Waals surface area contributed by atoms with Gasteiger partial charge in [-0.25, -0.2) is 8.42 Å². The molecular formula is C25H23ClN2O3S. The van der Waals surface area contributed by atoms with Gasteiger partial charge in [-0.15, -0.1) is 0 Å². The highest BCUT2D eigenvalue weighted by Gasteiger charge is 2.22. The molecule has 0 atom stereocenters. The van der Waals surface area contributed by atoms with E-state index in [0.717, 1.165) is 16.7 Å². The number of fused-ring (bicyclic) bond motifs is 1. The van der Waals surface area contributed by atoms with Crippen molar-refractivity contribution in [3.05, 3.63) is 94.6 Å². The highest BCUT2D eigenvalue weighted by molar-refractivity contribution is 7.90. The molecule has 0 aliphatic rings. The highest BCUT2D eigenvalue weighted by Crippen LogP contribution is 2.29.